The number of aliphatic hydroxyl groups is 1. The number of aliphatic hydroxyl groups excluding tert-OH is 1. The van der Waals surface area contributed by atoms with Crippen molar-refractivity contribution >= 4 is 33.4 Å². The van der Waals surface area contributed by atoms with E-state index < -0.39 is 55.1 Å². The number of ether oxygens (including phenoxy) is 1. The van der Waals surface area contributed by atoms with Gasteiger partial charge in [-0.15, -0.1) is 11.8 Å². The molecule has 0 amide bonds. The number of thioether (sulfide) groups is 1. The SMILES string of the molecule is Cc1cc(SC2C(=O)O[C@@](CCc3ccc(O)cc3)(C(C)C)CC2O)c(C(C)(C)C)cc1NS(=O)(=O)c1ccc(C(F)(F)F)cn1. The quantitative estimate of drug-likeness (QED) is 0.206. The van der Waals surface area contributed by atoms with Crippen LogP contribution >= 0.6 is 11.8 Å². The summed E-state index contributed by atoms with van der Waals surface area (Å²) in [7, 11) is -4.33. The Morgan fingerprint density at radius 3 is 2.28 bits per heavy atom. The maximum Gasteiger partial charge on any atom is 0.417 e. The predicted molar refractivity (Wildman–Crippen MR) is 170 cm³/mol. The molecule has 46 heavy (non-hydrogen) atoms. The number of phenolic OH excluding ortho intramolecular Hbond substituents is 1. The number of alkyl halides is 3. The number of phenols is 1. The van der Waals surface area contributed by atoms with E-state index in [4.69, 9.17) is 4.74 Å². The lowest BCUT2D eigenvalue weighted by atomic mass is 9.78. The van der Waals surface area contributed by atoms with Crippen LogP contribution in [0, 0.1) is 12.8 Å². The summed E-state index contributed by atoms with van der Waals surface area (Å²) >= 11 is 1.16. The third kappa shape index (κ3) is 7.98. The van der Waals surface area contributed by atoms with E-state index in [0.29, 0.717) is 41.1 Å². The van der Waals surface area contributed by atoms with Crippen molar-refractivity contribution in [2.75, 3.05) is 4.72 Å². The van der Waals surface area contributed by atoms with Crippen molar-refractivity contribution in [3.63, 3.8) is 0 Å². The molecule has 13 heteroatoms. The van der Waals surface area contributed by atoms with Gasteiger partial charge in [-0.2, -0.15) is 21.6 Å². The highest BCUT2D eigenvalue weighted by atomic mass is 32.2. The van der Waals surface area contributed by atoms with Crippen molar-refractivity contribution in [1.29, 1.82) is 0 Å². The van der Waals surface area contributed by atoms with Crippen LogP contribution in [0.15, 0.2) is 64.6 Å². The van der Waals surface area contributed by atoms with Crippen molar-refractivity contribution in [3.8, 4) is 5.75 Å². The number of nitrogens with zero attached hydrogens (tertiary/aromatic N) is 1. The Kier molecular flexibility index (Phi) is 10.1. The number of pyridine rings is 1. The molecular weight excluding hydrogens is 641 g/mol. The first-order valence-electron chi connectivity index (χ1n) is 14.8. The number of aromatic hydroxyl groups is 1. The number of aromatic nitrogens is 1. The Balaban J connectivity index is 1.57. The highest BCUT2D eigenvalue weighted by molar-refractivity contribution is 8.00. The third-order valence-electron chi connectivity index (χ3n) is 8.24. The number of hydrogen-bond acceptors (Lipinski definition) is 8. The fourth-order valence-corrected chi connectivity index (χ4v) is 7.84. The molecule has 0 saturated carbocycles. The maximum atomic E-state index is 13.5. The summed E-state index contributed by atoms with van der Waals surface area (Å²) in [4.78, 5) is 17.7. The van der Waals surface area contributed by atoms with E-state index in [2.05, 4.69) is 9.71 Å². The second kappa shape index (κ2) is 13.1. The fraction of sp³-hybridized carbons (Fsp3) is 0.455. The minimum Gasteiger partial charge on any atom is -0.508 e. The molecule has 2 heterocycles. The number of esters is 1. The Bertz CT molecular complexity index is 1670. The minimum atomic E-state index is -4.66. The van der Waals surface area contributed by atoms with E-state index in [1.165, 1.54) is 0 Å². The molecule has 2 unspecified atom stereocenters. The third-order valence-corrected chi connectivity index (χ3v) is 10.9. The molecular formula is C33H39F3N2O6S2. The number of halogens is 3. The van der Waals surface area contributed by atoms with Gasteiger partial charge in [0.1, 0.15) is 16.6 Å². The number of anilines is 1. The van der Waals surface area contributed by atoms with Crippen LogP contribution in [-0.4, -0.2) is 46.5 Å². The Morgan fingerprint density at radius 1 is 1.11 bits per heavy atom. The van der Waals surface area contributed by atoms with Gasteiger partial charge < -0.3 is 14.9 Å². The van der Waals surface area contributed by atoms with Gasteiger partial charge >= 0.3 is 12.1 Å². The van der Waals surface area contributed by atoms with Crippen LogP contribution in [0.5, 0.6) is 5.75 Å². The average Bonchev–Trinajstić information content (AvgIpc) is 2.94. The zero-order chi connectivity index (χ0) is 34.2. The maximum absolute atomic E-state index is 13.5. The lowest BCUT2D eigenvalue weighted by molar-refractivity contribution is -0.183. The van der Waals surface area contributed by atoms with E-state index in [1.54, 1.807) is 31.2 Å². The molecule has 0 spiro atoms. The molecule has 1 fully saturated rings. The van der Waals surface area contributed by atoms with E-state index in [-0.39, 0.29) is 23.8 Å². The monoisotopic (exact) mass is 680 g/mol. The van der Waals surface area contributed by atoms with E-state index >= 15 is 0 Å². The smallest absolute Gasteiger partial charge is 0.417 e. The van der Waals surface area contributed by atoms with Crippen molar-refractivity contribution < 1.29 is 41.3 Å². The number of sulfonamides is 1. The average molecular weight is 681 g/mol. The number of aryl methyl sites for hydroxylation is 2. The molecule has 8 nitrogen and oxygen atoms in total. The number of benzene rings is 2. The van der Waals surface area contributed by atoms with Crippen LogP contribution in [-0.2, 0) is 37.6 Å². The van der Waals surface area contributed by atoms with Crippen LogP contribution in [0.1, 0.15) is 69.7 Å². The highest BCUT2D eigenvalue weighted by Crippen LogP contribution is 2.45. The van der Waals surface area contributed by atoms with Crippen molar-refractivity contribution in [3.05, 3.63) is 77.0 Å². The molecule has 2 aromatic carbocycles. The molecule has 3 aromatic rings. The lowest BCUT2D eigenvalue weighted by Crippen LogP contribution is -2.54. The van der Waals surface area contributed by atoms with Gasteiger partial charge in [-0.25, -0.2) is 4.98 Å². The fourth-order valence-electron chi connectivity index (χ4n) is 5.37. The van der Waals surface area contributed by atoms with Gasteiger partial charge in [-0.3, -0.25) is 9.52 Å². The van der Waals surface area contributed by atoms with Crippen LogP contribution < -0.4 is 4.72 Å². The summed E-state index contributed by atoms with van der Waals surface area (Å²) in [5.41, 5.74) is -0.124. The molecule has 0 radical (unpaired) electrons. The molecule has 4 rings (SSSR count). The van der Waals surface area contributed by atoms with Crippen LogP contribution in [0.4, 0.5) is 18.9 Å². The van der Waals surface area contributed by atoms with Crippen molar-refractivity contribution in [1.82, 2.24) is 4.98 Å². The van der Waals surface area contributed by atoms with Gasteiger partial charge in [-0.1, -0.05) is 46.8 Å². The number of hydrogen-bond donors (Lipinski definition) is 3. The topological polar surface area (TPSA) is 126 Å². The summed E-state index contributed by atoms with van der Waals surface area (Å²) in [5, 5.41) is 19.5. The van der Waals surface area contributed by atoms with Gasteiger partial charge in [0.25, 0.3) is 10.0 Å². The van der Waals surface area contributed by atoms with Crippen LogP contribution in [0.25, 0.3) is 0 Å². The molecule has 0 bridgehead atoms. The Hall–Kier alpha value is -3.29. The van der Waals surface area contributed by atoms with Gasteiger partial charge in [0, 0.05) is 17.5 Å². The zero-order valence-electron chi connectivity index (χ0n) is 26.5. The van der Waals surface area contributed by atoms with Crippen LogP contribution in [0.2, 0.25) is 0 Å². The predicted octanol–water partition coefficient (Wildman–Crippen LogP) is 7.01. The van der Waals surface area contributed by atoms with Crippen LogP contribution in [0.3, 0.4) is 0 Å². The number of rotatable bonds is 9. The van der Waals surface area contributed by atoms with E-state index in [0.717, 1.165) is 23.4 Å². The summed E-state index contributed by atoms with van der Waals surface area (Å²) in [6.07, 6.45) is -3.90. The van der Waals surface area contributed by atoms with Gasteiger partial charge in [0.05, 0.1) is 17.4 Å². The van der Waals surface area contributed by atoms with Crippen molar-refractivity contribution in [2.24, 2.45) is 5.92 Å². The molecule has 1 aromatic heterocycles. The Labute approximate surface area is 271 Å². The molecule has 1 aliphatic heterocycles. The first kappa shape index (κ1) is 35.6. The van der Waals surface area contributed by atoms with Crippen molar-refractivity contribution in [2.45, 2.75) is 99.3 Å². The zero-order valence-corrected chi connectivity index (χ0v) is 28.1. The molecule has 1 saturated heterocycles. The van der Waals surface area contributed by atoms with E-state index in [9.17, 15) is 36.6 Å². The summed E-state index contributed by atoms with van der Waals surface area (Å²) < 4.78 is 73.6. The van der Waals surface area contributed by atoms with Gasteiger partial charge in [0.15, 0.2) is 5.03 Å². The second-order valence-electron chi connectivity index (χ2n) is 13.0. The number of nitrogens with one attached hydrogen (secondary N) is 1. The second-order valence-corrected chi connectivity index (χ2v) is 15.8. The Morgan fingerprint density at radius 2 is 1.76 bits per heavy atom. The standard InChI is InChI=1S/C33H39F3N2O6S2/c1-19(2)32(14-13-21-7-10-23(39)11-8-21)17-26(40)29(30(41)44-32)45-27-15-20(3)25(16-24(27)31(4,5)6)38-46(42,43)28-12-9-22(18-37-28)33(34,35)36/h7-12,15-16,18-19,26,29,38-40H,13-14,17H2,1-6H3/t26?,29?,32-/m1/s1. The summed E-state index contributed by atoms with van der Waals surface area (Å²) in [6, 6.07) is 11.6. The van der Waals surface area contributed by atoms with Gasteiger partial charge in [0.2, 0.25) is 0 Å². The number of cyclic esters (lactones) is 1. The normalized spacial score (nSPS) is 20.9. The first-order chi connectivity index (χ1) is 21.2. The number of carbonyl (C=O) groups excluding carboxylic acids is 1. The number of carbonyl (C=O) groups is 1. The molecule has 3 N–H and O–H groups in total. The van der Waals surface area contributed by atoms with E-state index in [1.807, 2.05) is 46.8 Å². The highest BCUT2D eigenvalue weighted by Gasteiger charge is 2.49. The minimum absolute atomic E-state index is 0.0759. The largest absolute Gasteiger partial charge is 0.508 e. The lowest BCUT2D eigenvalue weighted by Gasteiger charge is -2.44. The van der Waals surface area contributed by atoms with Gasteiger partial charge in [-0.05, 0) is 84.2 Å². The molecule has 1 aliphatic rings. The molecule has 3 atom stereocenters. The summed E-state index contributed by atoms with van der Waals surface area (Å²) in [6.45, 7) is 11.3. The summed E-state index contributed by atoms with van der Waals surface area (Å²) in [5.74, 6) is -0.458. The first-order valence-corrected chi connectivity index (χ1v) is 17.1. The molecule has 0 aliphatic carbocycles. The molecule has 250 valence electrons.